The number of thioether (sulfide) groups is 1. The van der Waals surface area contributed by atoms with Crippen molar-refractivity contribution in [3.05, 3.63) is 35.9 Å². The largest absolute Gasteiger partial charge is 0.396 e. The van der Waals surface area contributed by atoms with Crippen LogP contribution in [0.2, 0.25) is 0 Å². The minimum Gasteiger partial charge on any atom is -0.396 e. The first-order valence-corrected chi connectivity index (χ1v) is 6.20. The third-order valence-corrected chi connectivity index (χ3v) is 3.70. The molecule has 0 amide bonds. The molecular formula is C12H18OS. The van der Waals surface area contributed by atoms with Gasteiger partial charge in [0, 0.05) is 11.9 Å². The van der Waals surface area contributed by atoms with E-state index in [1.54, 1.807) is 0 Å². The Morgan fingerprint density at radius 3 is 2.57 bits per heavy atom. The lowest BCUT2D eigenvalue weighted by molar-refractivity contribution is 0.296. The minimum atomic E-state index is 0.304. The summed E-state index contributed by atoms with van der Waals surface area (Å²) in [6, 6.07) is 10.6. The van der Waals surface area contributed by atoms with Crippen molar-refractivity contribution in [1.82, 2.24) is 0 Å². The van der Waals surface area contributed by atoms with Crippen LogP contribution in [0.1, 0.15) is 30.6 Å². The molecule has 1 atom stereocenters. The van der Waals surface area contributed by atoms with Crippen LogP contribution >= 0.6 is 11.8 Å². The lowest BCUT2D eigenvalue weighted by Gasteiger charge is -2.14. The first-order chi connectivity index (χ1) is 6.88. The average molecular weight is 210 g/mol. The van der Waals surface area contributed by atoms with Crippen LogP contribution in [-0.4, -0.2) is 17.5 Å². The van der Waals surface area contributed by atoms with Gasteiger partial charge in [-0.1, -0.05) is 37.3 Å². The Morgan fingerprint density at radius 1 is 1.29 bits per heavy atom. The van der Waals surface area contributed by atoms with Crippen LogP contribution in [0.5, 0.6) is 0 Å². The summed E-state index contributed by atoms with van der Waals surface area (Å²) in [5.41, 5.74) is 1.40. The van der Waals surface area contributed by atoms with E-state index in [1.807, 2.05) is 11.8 Å². The predicted octanol–water partition coefficient (Wildman–Crippen LogP) is 3.25. The topological polar surface area (TPSA) is 20.2 Å². The Kier molecular flexibility index (Phi) is 5.72. The summed E-state index contributed by atoms with van der Waals surface area (Å²) in [5.74, 6) is 1.05. The van der Waals surface area contributed by atoms with Gasteiger partial charge in [0.05, 0.1) is 0 Å². The first-order valence-electron chi connectivity index (χ1n) is 5.16. The number of benzene rings is 1. The van der Waals surface area contributed by atoms with Gasteiger partial charge in [-0.25, -0.2) is 0 Å². The zero-order valence-electron chi connectivity index (χ0n) is 8.65. The molecule has 0 radical (unpaired) electrons. The molecule has 0 bridgehead atoms. The van der Waals surface area contributed by atoms with Crippen molar-refractivity contribution in [3.8, 4) is 0 Å². The summed E-state index contributed by atoms with van der Waals surface area (Å²) in [6.07, 6.45) is 2.05. The highest BCUT2D eigenvalue weighted by Crippen LogP contribution is 2.31. The molecule has 0 saturated heterocycles. The van der Waals surface area contributed by atoms with Crippen LogP contribution in [-0.2, 0) is 0 Å². The van der Waals surface area contributed by atoms with Crippen molar-refractivity contribution in [2.45, 2.75) is 25.0 Å². The van der Waals surface area contributed by atoms with Crippen LogP contribution in [0, 0.1) is 0 Å². The van der Waals surface area contributed by atoms with Crippen LogP contribution in [0.15, 0.2) is 30.3 Å². The molecule has 78 valence electrons. The van der Waals surface area contributed by atoms with E-state index in [9.17, 15) is 0 Å². The van der Waals surface area contributed by atoms with Crippen molar-refractivity contribution in [1.29, 1.82) is 0 Å². The molecule has 1 unspecified atom stereocenters. The second kappa shape index (κ2) is 6.91. The van der Waals surface area contributed by atoms with Gasteiger partial charge < -0.3 is 5.11 Å². The van der Waals surface area contributed by atoms with E-state index < -0.39 is 0 Å². The fourth-order valence-corrected chi connectivity index (χ4v) is 2.57. The molecule has 1 nitrogen and oxygen atoms in total. The second-order valence-electron chi connectivity index (χ2n) is 3.26. The average Bonchev–Trinajstić information content (AvgIpc) is 2.26. The molecule has 1 rings (SSSR count). The molecule has 0 aliphatic heterocycles. The van der Waals surface area contributed by atoms with Gasteiger partial charge >= 0.3 is 0 Å². The lowest BCUT2D eigenvalue weighted by Crippen LogP contribution is -1.95. The summed E-state index contributed by atoms with van der Waals surface area (Å²) in [6.45, 7) is 2.52. The molecule has 0 aromatic heterocycles. The Labute approximate surface area is 90.5 Å². The maximum absolute atomic E-state index is 8.71. The summed E-state index contributed by atoms with van der Waals surface area (Å²) >= 11 is 1.94. The Morgan fingerprint density at radius 2 is 2.00 bits per heavy atom. The van der Waals surface area contributed by atoms with Crippen molar-refractivity contribution >= 4 is 11.8 Å². The molecule has 0 aliphatic carbocycles. The normalized spacial score (nSPS) is 12.7. The Bertz CT molecular complexity index is 235. The number of hydrogen-bond donors (Lipinski definition) is 1. The smallest absolute Gasteiger partial charge is 0.0438 e. The monoisotopic (exact) mass is 210 g/mol. The molecule has 0 heterocycles. The maximum atomic E-state index is 8.71. The SMILES string of the molecule is CCC(SCCCO)c1ccccc1. The minimum absolute atomic E-state index is 0.304. The summed E-state index contributed by atoms with van der Waals surface area (Å²) < 4.78 is 0. The number of rotatable bonds is 6. The van der Waals surface area contributed by atoms with Gasteiger partial charge in [-0.15, -0.1) is 0 Å². The van der Waals surface area contributed by atoms with Crippen molar-refractivity contribution in [2.24, 2.45) is 0 Å². The Hall–Kier alpha value is -0.470. The molecule has 1 N–H and O–H groups in total. The Balaban J connectivity index is 2.46. The maximum Gasteiger partial charge on any atom is 0.0438 e. The summed E-state index contributed by atoms with van der Waals surface area (Å²) in [7, 11) is 0. The summed E-state index contributed by atoms with van der Waals surface area (Å²) in [4.78, 5) is 0. The fraction of sp³-hybridized carbons (Fsp3) is 0.500. The second-order valence-corrected chi connectivity index (χ2v) is 4.57. The molecule has 1 aromatic carbocycles. The molecule has 2 heteroatoms. The van der Waals surface area contributed by atoms with Gasteiger partial charge in [-0.2, -0.15) is 11.8 Å². The molecule has 0 fully saturated rings. The van der Waals surface area contributed by atoms with Gasteiger partial charge in [0.25, 0.3) is 0 Å². The highest BCUT2D eigenvalue weighted by Gasteiger charge is 2.07. The van der Waals surface area contributed by atoms with E-state index in [1.165, 1.54) is 5.56 Å². The van der Waals surface area contributed by atoms with E-state index >= 15 is 0 Å². The number of aliphatic hydroxyl groups excluding tert-OH is 1. The summed E-state index contributed by atoms with van der Waals surface area (Å²) in [5, 5.41) is 9.29. The van der Waals surface area contributed by atoms with Gasteiger partial charge in [0.15, 0.2) is 0 Å². The first kappa shape index (κ1) is 11.6. The van der Waals surface area contributed by atoms with Gasteiger partial charge in [-0.3, -0.25) is 0 Å². The molecule has 0 saturated carbocycles. The van der Waals surface area contributed by atoms with E-state index in [0.29, 0.717) is 11.9 Å². The lowest BCUT2D eigenvalue weighted by atomic mass is 10.1. The van der Waals surface area contributed by atoms with E-state index in [2.05, 4.69) is 37.3 Å². The number of aliphatic hydroxyl groups is 1. The molecular weight excluding hydrogens is 192 g/mol. The van der Waals surface area contributed by atoms with E-state index in [-0.39, 0.29) is 0 Å². The fourth-order valence-electron chi connectivity index (χ4n) is 1.41. The van der Waals surface area contributed by atoms with E-state index in [0.717, 1.165) is 18.6 Å². The zero-order chi connectivity index (χ0) is 10.2. The van der Waals surface area contributed by atoms with E-state index in [4.69, 9.17) is 5.11 Å². The molecule has 1 aromatic rings. The molecule has 14 heavy (non-hydrogen) atoms. The number of hydrogen-bond acceptors (Lipinski definition) is 2. The van der Waals surface area contributed by atoms with Crippen molar-refractivity contribution in [3.63, 3.8) is 0 Å². The zero-order valence-corrected chi connectivity index (χ0v) is 9.46. The van der Waals surface area contributed by atoms with Crippen molar-refractivity contribution < 1.29 is 5.11 Å². The van der Waals surface area contributed by atoms with Crippen LogP contribution in [0.25, 0.3) is 0 Å². The quantitative estimate of drug-likeness (QED) is 0.727. The predicted molar refractivity (Wildman–Crippen MR) is 63.6 cm³/mol. The third-order valence-electron chi connectivity index (χ3n) is 2.16. The van der Waals surface area contributed by atoms with Crippen LogP contribution < -0.4 is 0 Å². The van der Waals surface area contributed by atoms with Crippen molar-refractivity contribution in [2.75, 3.05) is 12.4 Å². The van der Waals surface area contributed by atoms with Gasteiger partial charge in [0.1, 0.15) is 0 Å². The molecule has 0 spiro atoms. The van der Waals surface area contributed by atoms with Gasteiger partial charge in [0.2, 0.25) is 0 Å². The van der Waals surface area contributed by atoms with Crippen LogP contribution in [0.4, 0.5) is 0 Å². The third kappa shape index (κ3) is 3.72. The molecule has 0 aliphatic rings. The van der Waals surface area contributed by atoms with Crippen LogP contribution in [0.3, 0.4) is 0 Å². The standard InChI is InChI=1S/C12H18OS/c1-2-12(14-10-6-9-13)11-7-4-3-5-8-11/h3-5,7-8,12-13H,2,6,9-10H2,1H3. The highest BCUT2D eigenvalue weighted by atomic mass is 32.2. The highest BCUT2D eigenvalue weighted by molar-refractivity contribution is 7.99. The van der Waals surface area contributed by atoms with Gasteiger partial charge in [-0.05, 0) is 24.2 Å².